The maximum absolute atomic E-state index is 9.95. The fourth-order valence-electron chi connectivity index (χ4n) is 2.58. The van der Waals surface area contributed by atoms with E-state index in [-0.39, 0.29) is 12.2 Å². The maximum atomic E-state index is 9.95. The van der Waals surface area contributed by atoms with Gasteiger partial charge in [0.05, 0.1) is 12.2 Å². The molecule has 2 rings (SSSR count). The highest BCUT2D eigenvalue weighted by Gasteiger charge is 2.37. The number of fused-ring (bicyclic) bond motifs is 2. The van der Waals surface area contributed by atoms with Crippen LogP contribution in [0.15, 0.2) is 12.2 Å². The summed E-state index contributed by atoms with van der Waals surface area (Å²) in [5, 5.41) is 9.95. The van der Waals surface area contributed by atoms with Crippen LogP contribution in [0.5, 0.6) is 0 Å². The molecule has 4 atom stereocenters. The average Bonchev–Trinajstić information content (AvgIpc) is 2.10. The molecule has 4 unspecified atom stereocenters. The summed E-state index contributed by atoms with van der Waals surface area (Å²) in [7, 11) is 0. The van der Waals surface area contributed by atoms with E-state index >= 15 is 0 Å². The molecule has 0 spiro atoms. The van der Waals surface area contributed by atoms with E-state index in [2.05, 4.69) is 12.2 Å². The molecule has 2 bridgehead atoms. The second-order valence-corrected chi connectivity index (χ2v) is 4.05. The van der Waals surface area contributed by atoms with Crippen LogP contribution in [0.3, 0.4) is 0 Å². The van der Waals surface area contributed by atoms with Gasteiger partial charge in [-0.25, -0.2) is 0 Å². The zero-order valence-electron chi connectivity index (χ0n) is 8.15. The molecule has 2 nitrogen and oxygen atoms in total. The summed E-state index contributed by atoms with van der Waals surface area (Å²) in [5.74, 6) is 0.749. The zero-order valence-corrected chi connectivity index (χ0v) is 8.15. The van der Waals surface area contributed by atoms with Gasteiger partial charge in [-0.05, 0) is 19.8 Å². The third-order valence-corrected chi connectivity index (χ3v) is 3.28. The van der Waals surface area contributed by atoms with E-state index in [0.29, 0.717) is 11.8 Å². The standard InChI is InChI=1S/C11H18O2/c1-2-13-10-7-6-8-4-3-5-9(10)11(8)12/h6-12H,2-5H2,1H3. The summed E-state index contributed by atoms with van der Waals surface area (Å²) in [5.41, 5.74) is 0. The Balaban J connectivity index is 2.10. The highest BCUT2D eigenvalue weighted by Crippen LogP contribution is 2.37. The second-order valence-electron chi connectivity index (χ2n) is 4.05. The molecule has 0 aliphatic heterocycles. The van der Waals surface area contributed by atoms with Crippen molar-refractivity contribution >= 4 is 0 Å². The van der Waals surface area contributed by atoms with E-state index in [4.69, 9.17) is 4.74 Å². The number of aliphatic hydroxyl groups is 1. The first-order chi connectivity index (χ1) is 6.33. The van der Waals surface area contributed by atoms with Crippen molar-refractivity contribution in [3.05, 3.63) is 12.2 Å². The van der Waals surface area contributed by atoms with Crippen LogP contribution in [0.2, 0.25) is 0 Å². The Morgan fingerprint density at radius 2 is 2.23 bits per heavy atom. The summed E-state index contributed by atoms with van der Waals surface area (Å²) < 4.78 is 5.59. The summed E-state index contributed by atoms with van der Waals surface area (Å²) in [6, 6.07) is 0. The van der Waals surface area contributed by atoms with E-state index in [9.17, 15) is 5.11 Å². The maximum Gasteiger partial charge on any atom is 0.0808 e. The molecule has 0 heterocycles. The fourth-order valence-corrected chi connectivity index (χ4v) is 2.58. The van der Waals surface area contributed by atoms with Crippen LogP contribution in [0, 0.1) is 11.8 Å². The quantitative estimate of drug-likeness (QED) is 0.659. The second kappa shape index (κ2) is 3.81. The van der Waals surface area contributed by atoms with E-state index in [1.807, 2.05) is 6.92 Å². The SMILES string of the molecule is CCOC1C=CC2CCCC1C2O. The Labute approximate surface area is 79.6 Å². The molecule has 13 heavy (non-hydrogen) atoms. The van der Waals surface area contributed by atoms with E-state index in [1.165, 1.54) is 6.42 Å². The van der Waals surface area contributed by atoms with Gasteiger partial charge in [-0.1, -0.05) is 18.6 Å². The monoisotopic (exact) mass is 182 g/mol. The van der Waals surface area contributed by atoms with Crippen LogP contribution in [-0.2, 0) is 4.74 Å². The Morgan fingerprint density at radius 1 is 1.38 bits per heavy atom. The molecule has 1 saturated carbocycles. The van der Waals surface area contributed by atoms with Crippen molar-refractivity contribution in [2.24, 2.45) is 11.8 Å². The smallest absolute Gasteiger partial charge is 0.0808 e. The van der Waals surface area contributed by atoms with Gasteiger partial charge in [-0.15, -0.1) is 0 Å². The topological polar surface area (TPSA) is 29.5 Å². The Bertz CT molecular complexity index is 200. The summed E-state index contributed by atoms with van der Waals surface area (Å²) in [4.78, 5) is 0. The van der Waals surface area contributed by atoms with Gasteiger partial charge in [0.15, 0.2) is 0 Å². The van der Waals surface area contributed by atoms with Crippen LogP contribution < -0.4 is 0 Å². The summed E-state index contributed by atoms with van der Waals surface area (Å²) >= 11 is 0. The van der Waals surface area contributed by atoms with Gasteiger partial charge in [-0.3, -0.25) is 0 Å². The highest BCUT2D eigenvalue weighted by molar-refractivity contribution is 5.08. The van der Waals surface area contributed by atoms with Crippen LogP contribution in [0.4, 0.5) is 0 Å². The summed E-state index contributed by atoms with van der Waals surface area (Å²) in [6.07, 6.45) is 7.79. The molecule has 2 heteroatoms. The molecule has 0 amide bonds. The Kier molecular flexibility index (Phi) is 2.70. The molecule has 1 N–H and O–H groups in total. The molecule has 74 valence electrons. The van der Waals surface area contributed by atoms with E-state index in [0.717, 1.165) is 19.4 Å². The molecular weight excluding hydrogens is 164 g/mol. The van der Waals surface area contributed by atoms with Gasteiger partial charge in [-0.2, -0.15) is 0 Å². The number of ether oxygens (including phenoxy) is 1. The molecule has 0 aromatic rings. The molecule has 1 fully saturated rings. The lowest BCUT2D eigenvalue weighted by Gasteiger charge is -2.40. The van der Waals surface area contributed by atoms with E-state index in [1.54, 1.807) is 0 Å². The van der Waals surface area contributed by atoms with E-state index < -0.39 is 0 Å². The molecule has 0 aromatic carbocycles. The lowest BCUT2D eigenvalue weighted by Crippen LogP contribution is -2.43. The fraction of sp³-hybridized carbons (Fsp3) is 0.818. The largest absolute Gasteiger partial charge is 0.392 e. The molecule has 0 saturated heterocycles. The zero-order chi connectivity index (χ0) is 9.26. The predicted molar refractivity (Wildman–Crippen MR) is 51.4 cm³/mol. The van der Waals surface area contributed by atoms with Gasteiger partial charge in [0.2, 0.25) is 0 Å². The van der Waals surface area contributed by atoms with Gasteiger partial charge >= 0.3 is 0 Å². The van der Waals surface area contributed by atoms with Crippen molar-refractivity contribution in [3.63, 3.8) is 0 Å². The Hall–Kier alpha value is -0.340. The van der Waals surface area contributed by atoms with Crippen molar-refractivity contribution in [2.45, 2.75) is 38.4 Å². The summed E-state index contributed by atoms with van der Waals surface area (Å²) in [6.45, 7) is 2.75. The first kappa shape index (κ1) is 9.22. The highest BCUT2D eigenvalue weighted by atomic mass is 16.5. The molecule has 0 radical (unpaired) electrons. The molecule has 2 aliphatic carbocycles. The molecule has 2 aliphatic rings. The molecule has 0 aromatic heterocycles. The average molecular weight is 182 g/mol. The van der Waals surface area contributed by atoms with Gasteiger partial charge in [0, 0.05) is 18.4 Å². The van der Waals surface area contributed by atoms with Crippen molar-refractivity contribution in [1.82, 2.24) is 0 Å². The van der Waals surface area contributed by atoms with Crippen molar-refractivity contribution in [2.75, 3.05) is 6.61 Å². The minimum absolute atomic E-state index is 0.157. The van der Waals surface area contributed by atoms with Gasteiger partial charge in [0.1, 0.15) is 0 Å². The number of hydrogen-bond acceptors (Lipinski definition) is 2. The molecular formula is C11H18O2. The van der Waals surface area contributed by atoms with Crippen molar-refractivity contribution < 1.29 is 9.84 Å². The lowest BCUT2D eigenvalue weighted by molar-refractivity contribution is -0.0524. The first-order valence-electron chi connectivity index (χ1n) is 5.31. The van der Waals surface area contributed by atoms with Gasteiger partial charge in [0.25, 0.3) is 0 Å². The predicted octanol–water partition coefficient (Wildman–Crippen LogP) is 1.74. The lowest BCUT2D eigenvalue weighted by atomic mass is 9.72. The minimum atomic E-state index is -0.157. The van der Waals surface area contributed by atoms with Gasteiger partial charge < -0.3 is 9.84 Å². The van der Waals surface area contributed by atoms with Crippen LogP contribution >= 0.6 is 0 Å². The number of hydrogen-bond donors (Lipinski definition) is 1. The van der Waals surface area contributed by atoms with Crippen molar-refractivity contribution in [1.29, 1.82) is 0 Å². The third kappa shape index (κ3) is 1.65. The number of aliphatic hydroxyl groups excluding tert-OH is 1. The number of rotatable bonds is 2. The van der Waals surface area contributed by atoms with Crippen LogP contribution in [0.25, 0.3) is 0 Å². The van der Waals surface area contributed by atoms with Crippen LogP contribution in [-0.4, -0.2) is 23.9 Å². The first-order valence-corrected chi connectivity index (χ1v) is 5.31. The van der Waals surface area contributed by atoms with Crippen molar-refractivity contribution in [3.8, 4) is 0 Å². The third-order valence-electron chi connectivity index (χ3n) is 3.28. The van der Waals surface area contributed by atoms with Crippen LogP contribution in [0.1, 0.15) is 26.2 Å². The minimum Gasteiger partial charge on any atom is -0.392 e. The normalized spacial score (nSPS) is 43.5. The Morgan fingerprint density at radius 3 is 3.00 bits per heavy atom.